The Morgan fingerprint density at radius 1 is 0.500 bits per heavy atom. The lowest BCUT2D eigenvalue weighted by molar-refractivity contribution is -0.633. The number of hydrogen-bond acceptors (Lipinski definition) is 6. The highest BCUT2D eigenvalue weighted by Gasteiger charge is 2.38. The Balaban J connectivity index is 4.58. The zero-order chi connectivity index (χ0) is 17.9. The molecule has 0 spiro atoms. The van der Waals surface area contributed by atoms with Gasteiger partial charge in [0.1, 0.15) is 0 Å². The van der Waals surface area contributed by atoms with Crippen LogP contribution in [0.25, 0.3) is 0 Å². The molecule has 0 atom stereocenters. The molecule has 0 fully saturated rings. The van der Waals surface area contributed by atoms with E-state index in [1.165, 1.54) is 0 Å². The number of unbranched alkanes of at least 4 members (excludes halogenated alkanes) is 5. The van der Waals surface area contributed by atoms with Gasteiger partial charge in [-0.25, -0.2) is 14.7 Å². The van der Waals surface area contributed by atoms with Crippen LogP contribution in [0.2, 0.25) is 0 Å². The van der Waals surface area contributed by atoms with Crippen LogP contribution < -0.4 is 0 Å². The van der Waals surface area contributed by atoms with Crippen LogP contribution in [-0.2, 0) is 29.3 Å². The summed E-state index contributed by atoms with van der Waals surface area (Å²) in [5, 5.41) is 0. The molecule has 0 heterocycles. The van der Waals surface area contributed by atoms with Crippen LogP contribution in [0.15, 0.2) is 0 Å². The summed E-state index contributed by atoms with van der Waals surface area (Å²) in [4.78, 5) is 32.2. The molecule has 24 heavy (non-hydrogen) atoms. The van der Waals surface area contributed by atoms with Crippen molar-refractivity contribution in [1.29, 1.82) is 0 Å². The van der Waals surface area contributed by atoms with Gasteiger partial charge in [0, 0.05) is 6.42 Å². The highest BCUT2D eigenvalue weighted by molar-refractivity contribution is 4.53. The van der Waals surface area contributed by atoms with E-state index in [0.717, 1.165) is 57.8 Å². The molecule has 0 rings (SSSR count). The molecule has 0 aromatic heterocycles. The van der Waals surface area contributed by atoms with Gasteiger partial charge in [-0.3, -0.25) is 0 Å². The van der Waals surface area contributed by atoms with Crippen molar-refractivity contribution in [2.24, 2.45) is 0 Å². The van der Waals surface area contributed by atoms with E-state index in [1.807, 2.05) is 0 Å². The molecule has 0 N–H and O–H groups in total. The predicted molar refractivity (Wildman–Crippen MR) is 92.7 cm³/mol. The van der Waals surface area contributed by atoms with E-state index in [4.69, 9.17) is 29.3 Å². The summed E-state index contributed by atoms with van der Waals surface area (Å²) in [6, 6.07) is 0. The molecule has 0 aliphatic rings. The van der Waals surface area contributed by atoms with Crippen LogP contribution >= 0.6 is 0 Å². The van der Waals surface area contributed by atoms with Gasteiger partial charge in [-0.15, -0.1) is 0 Å². The summed E-state index contributed by atoms with van der Waals surface area (Å²) < 4.78 is 0. The van der Waals surface area contributed by atoms with E-state index in [2.05, 4.69) is 27.7 Å². The van der Waals surface area contributed by atoms with Gasteiger partial charge in [-0.05, 0) is 25.7 Å². The van der Waals surface area contributed by atoms with E-state index < -0.39 is 5.97 Å². The van der Waals surface area contributed by atoms with E-state index in [9.17, 15) is 0 Å². The zero-order valence-corrected chi connectivity index (χ0v) is 16.1. The molecule has 0 aliphatic carbocycles. The standard InChI is InChI=1S/C18H38O6/c1-5-9-13-14-18(22-19-15-10-6-2,23-20-16-11-7-3)24-21-17-12-8-4/h5-17H2,1-4H3. The first-order valence-electron chi connectivity index (χ1n) is 9.66. The molecule has 146 valence electrons. The van der Waals surface area contributed by atoms with Gasteiger partial charge >= 0.3 is 5.97 Å². The molecule has 0 amide bonds. The first kappa shape index (κ1) is 23.8. The smallest absolute Gasteiger partial charge is 0.231 e. The van der Waals surface area contributed by atoms with Crippen molar-refractivity contribution in [2.75, 3.05) is 19.8 Å². The average molecular weight is 350 g/mol. The maximum Gasteiger partial charge on any atom is 0.365 e. The first-order chi connectivity index (χ1) is 11.7. The van der Waals surface area contributed by atoms with Crippen molar-refractivity contribution in [1.82, 2.24) is 0 Å². The van der Waals surface area contributed by atoms with Gasteiger partial charge < -0.3 is 0 Å². The van der Waals surface area contributed by atoms with Crippen molar-refractivity contribution in [2.45, 2.75) is 97.9 Å². The van der Waals surface area contributed by atoms with Crippen molar-refractivity contribution in [3.63, 3.8) is 0 Å². The van der Waals surface area contributed by atoms with E-state index in [1.54, 1.807) is 0 Å². The van der Waals surface area contributed by atoms with Crippen molar-refractivity contribution in [3.8, 4) is 0 Å². The Morgan fingerprint density at radius 3 is 1.21 bits per heavy atom. The molecule has 0 unspecified atom stereocenters. The quantitative estimate of drug-likeness (QED) is 0.133. The van der Waals surface area contributed by atoms with Crippen LogP contribution in [0.5, 0.6) is 0 Å². The minimum absolute atomic E-state index is 0.475. The lowest BCUT2D eigenvalue weighted by atomic mass is 10.2. The monoisotopic (exact) mass is 350 g/mol. The Hall–Kier alpha value is -0.240. The Kier molecular flexibility index (Phi) is 17.4. The van der Waals surface area contributed by atoms with Crippen molar-refractivity contribution < 1.29 is 29.3 Å². The summed E-state index contributed by atoms with van der Waals surface area (Å²) in [6.45, 7) is 9.83. The predicted octanol–water partition coefficient (Wildman–Crippen LogP) is 5.47. The Labute approximate surface area is 147 Å². The fourth-order valence-electron chi connectivity index (χ4n) is 1.76. The summed E-state index contributed by atoms with van der Waals surface area (Å²) in [6.07, 6.45) is 9.23. The van der Waals surface area contributed by atoms with Gasteiger partial charge in [-0.2, -0.15) is 14.7 Å². The van der Waals surface area contributed by atoms with Crippen LogP contribution in [0.4, 0.5) is 0 Å². The second kappa shape index (κ2) is 17.6. The lowest BCUT2D eigenvalue weighted by Gasteiger charge is -2.29. The molecule has 0 aliphatic heterocycles. The maximum atomic E-state index is 5.44. The fourth-order valence-corrected chi connectivity index (χ4v) is 1.76. The van der Waals surface area contributed by atoms with E-state index in [-0.39, 0.29) is 0 Å². The molecular formula is C18H38O6. The first-order valence-corrected chi connectivity index (χ1v) is 9.66. The van der Waals surface area contributed by atoms with Gasteiger partial charge in [0.25, 0.3) is 0 Å². The molecule has 0 radical (unpaired) electrons. The van der Waals surface area contributed by atoms with Gasteiger partial charge in [0.15, 0.2) is 0 Å². The lowest BCUT2D eigenvalue weighted by Crippen LogP contribution is -2.40. The second-order valence-electron chi connectivity index (χ2n) is 5.92. The second-order valence-corrected chi connectivity index (χ2v) is 5.92. The zero-order valence-electron chi connectivity index (χ0n) is 16.1. The summed E-state index contributed by atoms with van der Waals surface area (Å²) in [5.41, 5.74) is 0. The minimum atomic E-state index is -1.47. The van der Waals surface area contributed by atoms with Gasteiger partial charge in [0.05, 0.1) is 19.8 Å². The third-order valence-electron chi connectivity index (χ3n) is 3.39. The van der Waals surface area contributed by atoms with Gasteiger partial charge in [0.2, 0.25) is 0 Å². The molecule has 0 aromatic rings. The third-order valence-corrected chi connectivity index (χ3v) is 3.39. The highest BCUT2D eigenvalue weighted by atomic mass is 17.4. The van der Waals surface area contributed by atoms with Crippen LogP contribution in [0, 0.1) is 0 Å². The summed E-state index contributed by atoms with van der Waals surface area (Å²) >= 11 is 0. The number of rotatable bonds is 19. The summed E-state index contributed by atoms with van der Waals surface area (Å²) in [7, 11) is 0. The SMILES string of the molecule is CCCCCC(OOCCCC)(OOCCCC)OOCCCC. The highest BCUT2D eigenvalue weighted by Crippen LogP contribution is 2.25. The van der Waals surface area contributed by atoms with Crippen LogP contribution in [-0.4, -0.2) is 25.8 Å². The minimum Gasteiger partial charge on any atom is -0.231 e. The van der Waals surface area contributed by atoms with Crippen LogP contribution in [0.3, 0.4) is 0 Å². The largest absolute Gasteiger partial charge is 0.365 e. The molecule has 0 saturated heterocycles. The molecule has 6 heteroatoms. The molecule has 0 saturated carbocycles. The normalized spacial score (nSPS) is 12.0. The Bertz CT molecular complexity index is 218. The van der Waals surface area contributed by atoms with Crippen molar-refractivity contribution >= 4 is 0 Å². The fraction of sp³-hybridized carbons (Fsp3) is 1.00. The molecule has 0 bridgehead atoms. The summed E-state index contributed by atoms with van der Waals surface area (Å²) in [5.74, 6) is -1.47. The topological polar surface area (TPSA) is 55.4 Å². The maximum absolute atomic E-state index is 5.44. The molecule has 0 aromatic carbocycles. The van der Waals surface area contributed by atoms with Crippen LogP contribution in [0.1, 0.15) is 91.9 Å². The third kappa shape index (κ3) is 13.1. The van der Waals surface area contributed by atoms with E-state index >= 15 is 0 Å². The number of hydrogen-bond donors (Lipinski definition) is 0. The Morgan fingerprint density at radius 2 is 0.875 bits per heavy atom. The average Bonchev–Trinajstić information content (AvgIpc) is 2.60. The molecular weight excluding hydrogens is 312 g/mol. The van der Waals surface area contributed by atoms with E-state index in [0.29, 0.717) is 26.2 Å². The van der Waals surface area contributed by atoms with Crippen molar-refractivity contribution in [3.05, 3.63) is 0 Å². The van der Waals surface area contributed by atoms with Gasteiger partial charge in [-0.1, -0.05) is 59.8 Å². The molecule has 6 nitrogen and oxygen atoms in total.